The third-order valence-corrected chi connectivity index (χ3v) is 0.471. The maximum atomic E-state index is 8.09. The van der Waals surface area contributed by atoms with Gasteiger partial charge in [0.1, 0.15) is 0 Å². The summed E-state index contributed by atoms with van der Waals surface area (Å²) >= 11 is 0. The first-order chi connectivity index (χ1) is 3.41. The molecule has 0 spiro atoms. The first-order valence-electron chi connectivity index (χ1n) is 2.21. The van der Waals surface area contributed by atoms with Gasteiger partial charge in [0.2, 0.25) is 0 Å². The third kappa shape index (κ3) is 17.9. The van der Waals surface area contributed by atoms with Crippen molar-refractivity contribution in [2.24, 2.45) is 0 Å². The summed E-state index contributed by atoms with van der Waals surface area (Å²) in [5.41, 5.74) is 0. The Morgan fingerprint density at radius 1 is 1.00 bits per heavy atom. The number of halogens is 1. The molecule has 0 aliphatic carbocycles. The molecule has 0 saturated heterocycles. The fourth-order valence-corrected chi connectivity index (χ4v) is 0.231. The second kappa shape index (κ2) is 16.7. The Morgan fingerprint density at radius 2 is 1.33 bits per heavy atom. The Hall–Kier alpha value is 2.25. The largest absolute Gasteiger partial charge is 1.00 e. The van der Waals surface area contributed by atoms with Gasteiger partial charge in [0.05, 0.1) is 26.4 Å². The quantitative estimate of drug-likeness (QED) is 0.304. The summed E-state index contributed by atoms with van der Waals surface area (Å²) in [6.45, 7) is 0.696. The van der Waals surface area contributed by atoms with Gasteiger partial charge in [-0.25, -0.2) is 0 Å². The smallest absolute Gasteiger partial charge is 1.00 e. The van der Waals surface area contributed by atoms with Gasteiger partial charge in [-0.2, -0.15) is 0 Å². The van der Waals surface area contributed by atoms with E-state index in [0.717, 1.165) is 0 Å². The summed E-state index contributed by atoms with van der Waals surface area (Å²) in [5, 5.41) is 16.2. The van der Waals surface area contributed by atoms with E-state index < -0.39 is 0 Å². The maximum Gasteiger partial charge on any atom is 1.00 e. The van der Waals surface area contributed by atoms with E-state index in [1.165, 1.54) is 0 Å². The average molecular weight is 272 g/mol. The summed E-state index contributed by atoms with van der Waals surface area (Å²) in [5.74, 6) is 0. The molecule has 0 aliphatic heterocycles. The zero-order chi connectivity index (χ0) is 5.54. The minimum Gasteiger partial charge on any atom is -1.00 e. The van der Waals surface area contributed by atoms with E-state index >= 15 is 0 Å². The van der Waals surface area contributed by atoms with Crippen LogP contribution in [-0.2, 0) is 4.74 Å². The first kappa shape index (κ1) is 17.4. The molecule has 0 heterocycles. The van der Waals surface area contributed by atoms with Gasteiger partial charge in [-0.05, 0) is 0 Å². The zero-order valence-corrected chi connectivity index (χ0v) is 10.8. The van der Waals surface area contributed by atoms with Crippen LogP contribution < -0.4 is 75.4 Å². The molecule has 0 bridgehead atoms. The predicted octanol–water partition coefficient (Wildman–Crippen LogP) is -7.00. The van der Waals surface area contributed by atoms with Crippen molar-refractivity contribution in [2.45, 2.75) is 0 Å². The molecule has 0 rings (SSSR count). The third-order valence-electron chi connectivity index (χ3n) is 0.471. The molecule has 0 aliphatic rings. The van der Waals surface area contributed by atoms with Crippen molar-refractivity contribution >= 4 is 0 Å². The van der Waals surface area contributed by atoms with Crippen molar-refractivity contribution in [3.05, 3.63) is 0 Å². The Kier molecular flexibility index (Phi) is 32.2. The van der Waals surface area contributed by atoms with Crippen LogP contribution in [0, 0.1) is 0 Å². The molecule has 3 nitrogen and oxygen atoms in total. The molecule has 0 radical (unpaired) electrons. The van der Waals surface area contributed by atoms with Crippen LogP contribution >= 0.6 is 0 Å². The van der Waals surface area contributed by atoms with Crippen LogP contribution in [0.2, 0.25) is 0 Å². The van der Waals surface area contributed by atoms with Crippen molar-refractivity contribution in [3.63, 3.8) is 0 Å². The number of hydrogen-bond acceptors (Lipinski definition) is 3. The SMILES string of the molecule is OCCOCCO.[I-].[K+]. The Balaban J connectivity index is -0.000000180. The average Bonchev–Trinajstić information content (AvgIpc) is 1.69. The molecule has 0 fully saturated rings. The summed E-state index contributed by atoms with van der Waals surface area (Å²) in [6.07, 6.45) is 0. The molecule has 52 valence electrons. The van der Waals surface area contributed by atoms with Gasteiger partial charge in [0.15, 0.2) is 0 Å². The molecule has 5 heteroatoms. The Morgan fingerprint density at radius 3 is 1.56 bits per heavy atom. The van der Waals surface area contributed by atoms with Crippen LogP contribution in [0.25, 0.3) is 0 Å². The number of rotatable bonds is 4. The van der Waals surface area contributed by atoms with E-state index in [4.69, 9.17) is 10.2 Å². The van der Waals surface area contributed by atoms with Gasteiger partial charge < -0.3 is 38.9 Å². The Bertz CT molecular complexity index is 35.0. The predicted molar refractivity (Wildman–Crippen MR) is 25.0 cm³/mol. The number of ether oxygens (including phenoxy) is 1. The molecule has 0 atom stereocenters. The summed E-state index contributed by atoms with van der Waals surface area (Å²) < 4.78 is 4.63. The van der Waals surface area contributed by atoms with Gasteiger partial charge in [-0.1, -0.05) is 0 Å². The van der Waals surface area contributed by atoms with Gasteiger partial charge in [-0.15, -0.1) is 0 Å². The van der Waals surface area contributed by atoms with E-state index in [1.54, 1.807) is 0 Å². The van der Waals surface area contributed by atoms with Crippen LogP contribution in [0.1, 0.15) is 0 Å². The number of aliphatic hydroxyl groups is 2. The van der Waals surface area contributed by atoms with Gasteiger partial charge in [0.25, 0.3) is 0 Å². The summed E-state index contributed by atoms with van der Waals surface area (Å²) in [7, 11) is 0. The zero-order valence-electron chi connectivity index (χ0n) is 5.51. The summed E-state index contributed by atoms with van der Waals surface area (Å²) in [4.78, 5) is 0. The van der Waals surface area contributed by atoms with Gasteiger partial charge in [-0.3, -0.25) is 0 Å². The molecule has 0 saturated carbocycles. The fraction of sp³-hybridized carbons (Fsp3) is 1.00. The van der Waals surface area contributed by atoms with Crippen LogP contribution in [0.15, 0.2) is 0 Å². The molecule has 0 aromatic carbocycles. The van der Waals surface area contributed by atoms with Crippen LogP contribution in [0.5, 0.6) is 0 Å². The van der Waals surface area contributed by atoms with Crippen molar-refractivity contribution in [3.8, 4) is 0 Å². The molecule has 0 aromatic rings. The maximum absolute atomic E-state index is 8.09. The minimum atomic E-state index is 0. The van der Waals surface area contributed by atoms with Crippen molar-refractivity contribution in [1.82, 2.24) is 0 Å². The molecule has 9 heavy (non-hydrogen) atoms. The second-order valence-electron chi connectivity index (χ2n) is 1.06. The molecule has 0 amide bonds. The van der Waals surface area contributed by atoms with Gasteiger partial charge >= 0.3 is 51.4 Å². The van der Waals surface area contributed by atoms with Crippen LogP contribution in [-0.4, -0.2) is 36.6 Å². The fourth-order valence-electron chi connectivity index (χ4n) is 0.231. The molecular formula is C4H10IKO3. The monoisotopic (exact) mass is 272 g/mol. The molecule has 2 N–H and O–H groups in total. The summed E-state index contributed by atoms with van der Waals surface area (Å²) in [6, 6.07) is 0. The van der Waals surface area contributed by atoms with Crippen molar-refractivity contribution in [1.29, 1.82) is 0 Å². The normalized spacial score (nSPS) is 7.33. The standard InChI is InChI=1S/C4H10O3.HI.K/c5-1-3-7-4-2-6;;/h5-6H,1-4H2;1H;/q;;+1/p-1. The second-order valence-corrected chi connectivity index (χ2v) is 1.06. The molecule has 0 unspecified atom stereocenters. The number of aliphatic hydroxyl groups excluding tert-OH is 2. The molecular weight excluding hydrogens is 262 g/mol. The van der Waals surface area contributed by atoms with Crippen molar-refractivity contribution < 1.29 is 90.3 Å². The van der Waals surface area contributed by atoms with E-state index in [-0.39, 0.29) is 88.6 Å². The van der Waals surface area contributed by atoms with E-state index in [1.807, 2.05) is 0 Å². The minimum absolute atomic E-state index is 0. The number of hydrogen-bond donors (Lipinski definition) is 2. The van der Waals surface area contributed by atoms with E-state index in [2.05, 4.69) is 4.74 Å². The van der Waals surface area contributed by atoms with Crippen LogP contribution in [0.4, 0.5) is 0 Å². The van der Waals surface area contributed by atoms with E-state index in [0.29, 0.717) is 13.2 Å². The van der Waals surface area contributed by atoms with Crippen molar-refractivity contribution in [2.75, 3.05) is 26.4 Å². The van der Waals surface area contributed by atoms with Crippen LogP contribution in [0.3, 0.4) is 0 Å². The molecule has 0 aromatic heterocycles. The first-order valence-corrected chi connectivity index (χ1v) is 2.21. The Labute approximate surface area is 115 Å². The van der Waals surface area contributed by atoms with Gasteiger partial charge in [0, 0.05) is 0 Å². The van der Waals surface area contributed by atoms with E-state index in [9.17, 15) is 0 Å². The topological polar surface area (TPSA) is 49.7 Å².